The van der Waals surface area contributed by atoms with Crippen LogP contribution in [0.5, 0.6) is 0 Å². The summed E-state index contributed by atoms with van der Waals surface area (Å²) in [6, 6.07) is 44.2. The van der Waals surface area contributed by atoms with Gasteiger partial charge >= 0.3 is 0 Å². The zero-order valence-electron chi connectivity index (χ0n) is 29.6. The second kappa shape index (κ2) is 16.4. The van der Waals surface area contributed by atoms with E-state index in [0.717, 1.165) is 5.56 Å². The van der Waals surface area contributed by atoms with Crippen LogP contribution < -0.4 is 5.01 Å². The van der Waals surface area contributed by atoms with Gasteiger partial charge in [-0.2, -0.15) is 0 Å². The molecule has 6 aromatic carbocycles. The molecule has 7 rings (SSSR count). The van der Waals surface area contributed by atoms with Crippen LogP contribution in [0.25, 0.3) is 0 Å². The number of anilines is 1. The van der Waals surface area contributed by atoms with Crippen LogP contribution in [-0.4, -0.2) is 27.3 Å². The molecule has 0 atom stereocenters. The van der Waals surface area contributed by atoms with E-state index in [9.17, 15) is 10.5 Å². The summed E-state index contributed by atoms with van der Waals surface area (Å²) in [4.78, 5) is 42.9. The minimum Gasteiger partial charge on any atom is -0.272 e. The maximum Gasteiger partial charge on any atom is 0.261 e. The molecule has 0 saturated carbocycles. The quantitative estimate of drug-likeness (QED) is 0.0683. The number of amides is 2. The molecular weight excluding hydrogens is 794 g/mol. The third kappa shape index (κ3) is 7.31. The molecule has 0 aromatic heterocycles. The van der Waals surface area contributed by atoms with Crippen LogP contribution in [0.4, 0.5) is 5.69 Å². The van der Waals surface area contributed by atoms with Crippen molar-refractivity contribution in [2.75, 3.05) is 5.01 Å². The van der Waals surface area contributed by atoms with Gasteiger partial charge in [-0.1, -0.05) is 143 Å². The third-order valence-corrected chi connectivity index (χ3v) is 11.3. The van der Waals surface area contributed by atoms with Crippen molar-refractivity contribution in [1.29, 1.82) is 0 Å². The summed E-state index contributed by atoms with van der Waals surface area (Å²) < 4.78 is 0. The van der Waals surface area contributed by atoms with Crippen molar-refractivity contribution in [3.8, 4) is 0 Å². The molecule has 0 unspecified atom stereocenters. The summed E-state index contributed by atoms with van der Waals surface area (Å²) in [5.74, 6) is -1.32. The number of benzene rings is 6. The number of carbonyl (C=O) groups is 2. The first-order valence-corrected chi connectivity index (χ1v) is 19.0. The minimum atomic E-state index is -2.17. The van der Waals surface area contributed by atoms with Gasteiger partial charge in [0.15, 0.2) is 11.2 Å². The topological polar surface area (TPSA) is 99.5 Å². The van der Waals surface area contributed by atoms with E-state index in [4.69, 9.17) is 56.2 Å². The Hall–Kier alpha value is -4.74. The van der Waals surface area contributed by atoms with E-state index in [0.29, 0.717) is 48.0 Å². The molecule has 0 bridgehead atoms. The molecule has 1 aliphatic rings. The van der Waals surface area contributed by atoms with Crippen molar-refractivity contribution in [2.24, 2.45) is 5.41 Å². The van der Waals surface area contributed by atoms with Crippen molar-refractivity contribution in [1.82, 2.24) is 5.01 Å². The number of hydrogen-bond donors (Lipinski definition) is 2. The van der Waals surface area contributed by atoms with Crippen LogP contribution in [0.2, 0.25) is 20.1 Å². The van der Waals surface area contributed by atoms with E-state index in [2.05, 4.69) is 0 Å². The Morgan fingerprint density at radius 3 is 1.16 bits per heavy atom. The fraction of sp³-hybridized carbons (Fsp3) is 0.136. The van der Waals surface area contributed by atoms with E-state index in [1.165, 1.54) is 10.0 Å². The average molecular weight is 829 g/mol. The molecule has 1 aliphatic heterocycles. The lowest BCUT2D eigenvalue weighted by Crippen LogP contribution is -2.50. The average Bonchev–Trinajstić information content (AvgIpc) is 3.41. The second-order valence-electron chi connectivity index (χ2n) is 13.6. The summed E-state index contributed by atoms with van der Waals surface area (Å²) in [6.45, 7) is -0.00813. The summed E-state index contributed by atoms with van der Waals surface area (Å²) in [7, 11) is 0. The van der Waals surface area contributed by atoms with Crippen LogP contribution >= 0.6 is 46.4 Å². The van der Waals surface area contributed by atoms with Gasteiger partial charge in [0.1, 0.15) is 5.41 Å². The van der Waals surface area contributed by atoms with Crippen molar-refractivity contribution in [3.63, 3.8) is 0 Å². The van der Waals surface area contributed by atoms with Crippen molar-refractivity contribution in [2.45, 2.75) is 30.6 Å². The Morgan fingerprint density at radius 1 is 0.482 bits per heavy atom. The van der Waals surface area contributed by atoms with Gasteiger partial charge in [0.2, 0.25) is 0 Å². The standard InChI is InChI=1S/C44H34Cl4N2O6/c45-35-19-11-31(12-20-35)43(55-53,32-13-21-36(46)22-14-32)28-42(29-44(56-54,33-15-23-37(47)24-16-33)34-17-25-38(48)26-18-34)40(51)49(27-30-7-3-1-4-8-30)50(41(42)52)39-9-5-2-6-10-39/h1-26,53-54H,27-29H2. The predicted octanol–water partition coefficient (Wildman–Crippen LogP) is 11.2. The van der Waals surface area contributed by atoms with Gasteiger partial charge in [0.05, 0.1) is 12.2 Å². The molecule has 284 valence electrons. The number of hydrazine groups is 1. The Bertz CT molecular complexity index is 2100. The molecule has 12 heteroatoms. The smallest absolute Gasteiger partial charge is 0.261 e. The monoisotopic (exact) mass is 826 g/mol. The van der Waals surface area contributed by atoms with Gasteiger partial charge in [-0.15, -0.1) is 0 Å². The second-order valence-corrected chi connectivity index (χ2v) is 15.3. The van der Waals surface area contributed by atoms with Crippen molar-refractivity contribution in [3.05, 3.63) is 206 Å². The molecule has 0 radical (unpaired) electrons. The number of halogens is 4. The first kappa shape index (κ1) is 39.5. The van der Waals surface area contributed by atoms with E-state index < -0.39 is 41.3 Å². The van der Waals surface area contributed by atoms with Gasteiger partial charge < -0.3 is 0 Å². The van der Waals surface area contributed by atoms with E-state index in [1.807, 2.05) is 30.3 Å². The van der Waals surface area contributed by atoms with E-state index in [1.54, 1.807) is 127 Å². The van der Waals surface area contributed by atoms with E-state index >= 15 is 9.59 Å². The van der Waals surface area contributed by atoms with Crippen LogP contribution in [0, 0.1) is 5.41 Å². The Kier molecular flexibility index (Phi) is 11.6. The molecule has 2 amide bonds. The van der Waals surface area contributed by atoms with Crippen molar-refractivity contribution < 1.29 is 29.9 Å². The Balaban J connectivity index is 1.54. The largest absolute Gasteiger partial charge is 0.272 e. The lowest BCUT2D eigenvalue weighted by atomic mass is 9.64. The third-order valence-electron chi connectivity index (χ3n) is 10.3. The van der Waals surface area contributed by atoms with Gasteiger partial charge in [0.25, 0.3) is 11.8 Å². The van der Waals surface area contributed by atoms with Crippen molar-refractivity contribution >= 4 is 63.9 Å². The van der Waals surface area contributed by atoms with Crippen LogP contribution in [0.15, 0.2) is 158 Å². The first-order chi connectivity index (χ1) is 27.0. The van der Waals surface area contributed by atoms with Crippen LogP contribution in [0.1, 0.15) is 40.7 Å². The fourth-order valence-electron chi connectivity index (χ4n) is 7.57. The SMILES string of the molecule is O=C1N(Cc2ccccc2)N(c2ccccc2)C(=O)C1(CC(OO)(c1ccc(Cl)cc1)c1ccc(Cl)cc1)CC(OO)(c1ccc(Cl)cc1)c1ccc(Cl)cc1. The molecule has 0 spiro atoms. The van der Waals surface area contributed by atoms with Gasteiger partial charge in [0, 0.05) is 32.9 Å². The first-order valence-electron chi connectivity index (χ1n) is 17.5. The number of hydrogen-bond acceptors (Lipinski definition) is 6. The lowest BCUT2D eigenvalue weighted by molar-refractivity contribution is -0.332. The Morgan fingerprint density at radius 2 is 0.821 bits per heavy atom. The summed E-state index contributed by atoms with van der Waals surface area (Å²) >= 11 is 25.4. The molecule has 0 aliphatic carbocycles. The fourth-order valence-corrected chi connectivity index (χ4v) is 8.08. The predicted molar refractivity (Wildman–Crippen MR) is 217 cm³/mol. The molecule has 56 heavy (non-hydrogen) atoms. The molecule has 1 fully saturated rings. The zero-order chi connectivity index (χ0) is 39.5. The minimum absolute atomic E-state index is 0.00813. The number of nitrogens with zero attached hydrogens (tertiary/aromatic N) is 2. The maximum atomic E-state index is 15.9. The molecule has 2 N–H and O–H groups in total. The highest BCUT2D eigenvalue weighted by molar-refractivity contribution is 6.31. The molecule has 6 aromatic rings. The number of rotatable bonds is 13. The van der Waals surface area contributed by atoms with Crippen LogP contribution in [0.3, 0.4) is 0 Å². The molecule has 8 nitrogen and oxygen atoms in total. The van der Waals surface area contributed by atoms with Gasteiger partial charge in [-0.05, 0) is 88.5 Å². The number of para-hydroxylation sites is 1. The van der Waals surface area contributed by atoms with Gasteiger partial charge in [-0.3, -0.25) is 20.1 Å². The maximum absolute atomic E-state index is 15.9. The summed E-state index contributed by atoms with van der Waals surface area (Å²) in [5.41, 5.74) is -3.37. The highest BCUT2D eigenvalue weighted by Crippen LogP contribution is 2.55. The highest BCUT2D eigenvalue weighted by Gasteiger charge is 2.66. The Labute approximate surface area is 343 Å². The lowest BCUT2D eigenvalue weighted by Gasteiger charge is -2.42. The summed E-state index contributed by atoms with van der Waals surface area (Å²) in [6.07, 6.45) is -1.00. The zero-order valence-corrected chi connectivity index (χ0v) is 32.6. The normalized spacial score (nSPS) is 14.4. The van der Waals surface area contributed by atoms with E-state index in [-0.39, 0.29) is 6.54 Å². The number of carbonyl (C=O) groups excluding carboxylic acids is 2. The molecule has 1 saturated heterocycles. The summed E-state index contributed by atoms with van der Waals surface area (Å²) in [5, 5.41) is 26.9. The highest BCUT2D eigenvalue weighted by atomic mass is 35.5. The van der Waals surface area contributed by atoms with Crippen LogP contribution in [-0.2, 0) is 37.1 Å². The van der Waals surface area contributed by atoms with Gasteiger partial charge in [-0.25, -0.2) is 19.8 Å². The molecule has 1 heterocycles. The molecular formula is C44H34Cl4N2O6.